The van der Waals surface area contributed by atoms with Gasteiger partial charge < -0.3 is 0 Å². The second-order valence-electron chi connectivity index (χ2n) is 5.72. The van der Waals surface area contributed by atoms with Crippen molar-refractivity contribution in [2.24, 2.45) is 11.8 Å². The quantitative estimate of drug-likeness (QED) is 0.679. The van der Waals surface area contributed by atoms with Crippen LogP contribution in [0.1, 0.15) is 57.1 Å². The molecule has 0 N–H and O–H groups in total. The highest BCUT2D eigenvalue weighted by molar-refractivity contribution is 5.26. The average Bonchev–Trinajstić information content (AvgIpc) is 2.23. The fourth-order valence-corrected chi connectivity index (χ4v) is 2.79. The van der Waals surface area contributed by atoms with Crippen LogP contribution in [0.3, 0.4) is 0 Å². The zero-order valence-corrected chi connectivity index (χ0v) is 10.9. The van der Waals surface area contributed by atoms with Crippen LogP contribution in [-0.2, 0) is 6.42 Å². The van der Waals surface area contributed by atoms with Gasteiger partial charge >= 0.3 is 0 Å². The van der Waals surface area contributed by atoms with Gasteiger partial charge in [-0.2, -0.15) is 0 Å². The third-order valence-electron chi connectivity index (χ3n) is 4.05. The van der Waals surface area contributed by atoms with Gasteiger partial charge in [0.2, 0.25) is 0 Å². The lowest BCUT2D eigenvalue weighted by molar-refractivity contribution is 0.187. The lowest BCUT2D eigenvalue weighted by atomic mass is 9.71. The van der Waals surface area contributed by atoms with E-state index in [2.05, 4.69) is 45.0 Å². The van der Waals surface area contributed by atoms with Crippen LogP contribution < -0.4 is 0 Å². The molecule has 0 saturated heterocycles. The maximum absolute atomic E-state index is 2.41. The number of benzene rings is 1. The normalized spacial score (nSPS) is 24.5. The predicted octanol–water partition coefficient (Wildman–Crippen LogP) is 4.79. The topological polar surface area (TPSA) is 0 Å². The molecule has 1 aromatic rings. The first-order chi connectivity index (χ1) is 7.69. The zero-order chi connectivity index (χ0) is 11.5. The summed E-state index contributed by atoms with van der Waals surface area (Å²) in [5.74, 6) is 2.65. The van der Waals surface area contributed by atoms with Gasteiger partial charge in [-0.3, -0.25) is 0 Å². The van der Waals surface area contributed by atoms with E-state index in [1.54, 1.807) is 5.56 Å². The van der Waals surface area contributed by atoms with Gasteiger partial charge in [-0.25, -0.2) is 0 Å². The van der Waals surface area contributed by atoms with Crippen molar-refractivity contribution in [3.05, 3.63) is 35.4 Å². The van der Waals surface area contributed by atoms with Gasteiger partial charge in [-0.1, -0.05) is 51.5 Å². The molecule has 1 aliphatic rings. The van der Waals surface area contributed by atoms with Crippen LogP contribution in [0.5, 0.6) is 0 Å². The zero-order valence-electron chi connectivity index (χ0n) is 10.9. The second-order valence-corrected chi connectivity index (χ2v) is 5.72. The van der Waals surface area contributed by atoms with Crippen molar-refractivity contribution in [1.82, 2.24) is 0 Å². The monoisotopic (exact) mass is 216 g/mol. The van der Waals surface area contributed by atoms with E-state index in [0.717, 1.165) is 11.8 Å². The summed E-state index contributed by atoms with van der Waals surface area (Å²) in [6.07, 6.45) is 5.60. The molecule has 1 fully saturated rings. The van der Waals surface area contributed by atoms with Crippen LogP contribution in [0.4, 0.5) is 0 Å². The minimum atomic E-state index is 0.657. The van der Waals surface area contributed by atoms with Gasteiger partial charge in [0.1, 0.15) is 0 Å². The molecule has 0 bridgehead atoms. The SMILES string of the molecule is CCC1CC(Cc2cccc(C(C)C)c2)C1. The maximum Gasteiger partial charge on any atom is -0.0219 e. The summed E-state index contributed by atoms with van der Waals surface area (Å²) in [4.78, 5) is 0. The lowest BCUT2D eigenvalue weighted by Crippen LogP contribution is -2.24. The number of hydrogen-bond acceptors (Lipinski definition) is 0. The summed E-state index contributed by atoms with van der Waals surface area (Å²) < 4.78 is 0. The van der Waals surface area contributed by atoms with Crippen molar-refractivity contribution >= 4 is 0 Å². The van der Waals surface area contributed by atoms with Gasteiger partial charge in [0.25, 0.3) is 0 Å². The summed E-state index contributed by atoms with van der Waals surface area (Å²) in [6, 6.07) is 9.18. The fraction of sp³-hybridized carbons (Fsp3) is 0.625. The Hall–Kier alpha value is -0.780. The van der Waals surface area contributed by atoms with E-state index in [9.17, 15) is 0 Å². The third kappa shape index (κ3) is 2.66. The number of hydrogen-bond donors (Lipinski definition) is 0. The van der Waals surface area contributed by atoms with Gasteiger partial charge in [-0.05, 0) is 48.1 Å². The molecule has 0 heterocycles. The lowest BCUT2D eigenvalue weighted by Gasteiger charge is -2.35. The van der Waals surface area contributed by atoms with E-state index in [1.807, 2.05) is 0 Å². The first kappa shape index (κ1) is 11.7. The molecular weight excluding hydrogens is 192 g/mol. The smallest absolute Gasteiger partial charge is 0.0219 e. The van der Waals surface area contributed by atoms with Gasteiger partial charge in [-0.15, -0.1) is 0 Å². The van der Waals surface area contributed by atoms with Crippen LogP contribution in [-0.4, -0.2) is 0 Å². The van der Waals surface area contributed by atoms with E-state index in [4.69, 9.17) is 0 Å². The molecule has 0 radical (unpaired) electrons. The summed E-state index contributed by atoms with van der Waals surface area (Å²) in [5, 5.41) is 0. The van der Waals surface area contributed by atoms with Crippen molar-refractivity contribution in [3.8, 4) is 0 Å². The van der Waals surface area contributed by atoms with Gasteiger partial charge in [0, 0.05) is 0 Å². The molecule has 0 nitrogen and oxygen atoms in total. The Bertz CT molecular complexity index is 332. The average molecular weight is 216 g/mol. The van der Waals surface area contributed by atoms with Crippen LogP contribution in [0.15, 0.2) is 24.3 Å². The summed E-state index contributed by atoms with van der Waals surface area (Å²) in [5.41, 5.74) is 3.04. The highest BCUT2D eigenvalue weighted by atomic mass is 14.3. The molecule has 0 heteroatoms. The molecule has 16 heavy (non-hydrogen) atoms. The third-order valence-corrected chi connectivity index (χ3v) is 4.05. The van der Waals surface area contributed by atoms with Crippen LogP contribution in [0, 0.1) is 11.8 Å². The predicted molar refractivity (Wildman–Crippen MR) is 70.7 cm³/mol. The molecule has 0 atom stereocenters. The first-order valence-corrected chi connectivity index (χ1v) is 6.77. The van der Waals surface area contributed by atoms with E-state index in [-0.39, 0.29) is 0 Å². The molecule has 1 aliphatic carbocycles. The van der Waals surface area contributed by atoms with Crippen molar-refractivity contribution in [2.45, 2.75) is 52.4 Å². The van der Waals surface area contributed by atoms with Crippen molar-refractivity contribution in [2.75, 3.05) is 0 Å². The minimum Gasteiger partial charge on any atom is -0.0651 e. The molecule has 0 unspecified atom stereocenters. The molecule has 0 aliphatic heterocycles. The molecule has 2 rings (SSSR count). The van der Waals surface area contributed by atoms with Crippen LogP contribution in [0.25, 0.3) is 0 Å². The Morgan fingerprint density at radius 2 is 1.94 bits per heavy atom. The fourth-order valence-electron chi connectivity index (χ4n) is 2.79. The first-order valence-electron chi connectivity index (χ1n) is 6.77. The minimum absolute atomic E-state index is 0.657. The Labute approximate surface area is 100 Å². The van der Waals surface area contributed by atoms with Gasteiger partial charge in [0.05, 0.1) is 0 Å². The Morgan fingerprint density at radius 1 is 1.19 bits per heavy atom. The van der Waals surface area contributed by atoms with Crippen LogP contribution in [0.2, 0.25) is 0 Å². The standard InChI is InChI=1S/C16H24/c1-4-13-8-15(9-13)10-14-6-5-7-16(11-14)12(2)3/h5-7,11-13,15H,4,8-10H2,1-3H3. The Kier molecular flexibility index (Phi) is 3.68. The maximum atomic E-state index is 2.41. The van der Waals surface area contributed by atoms with E-state index in [0.29, 0.717) is 5.92 Å². The van der Waals surface area contributed by atoms with Crippen molar-refractivity contribution in [1.29, 1.82) is 0 Å². The van der Waals surface area contributed by atoms with Crippen LogP contribution >= 0.6 is 0 Å². The molecule has 1 saturated carbocycles. The summed E-state index contributed by atoms with van der Waals surface area (Å²) >= 11 is 0. The van der Waals surface area contributed by atoms with E-state index in [1.165, 1.54) is 31.2 Å². The molecule has 0 spiro atoms. The highest BCUT2D eigenvalue weighted by Gasteiger charge is 2.27. The van der Waals surface area contributed by atoms with E-state index < -0.39 is 0 Å². The Morgan fingerprint density at radius 3 is 2.56 bits per heavy atom. The summed E-state index contributed by atoms with van der Waals surface area (Å²) in [6.45, 7) is 6.87. The van der Waals surface area contributed by atoms with E-state index >= 15 is 0 Å². The summed E-state index contributed by atoms with van der Waals surface area (Å²) in [7, 11) is 0. The van der Waals surface area contributed by atoms with Crippen molar-refractivity contribution < 1.29 is 0 Å². The van der Waals surface area contributed by atoms with Gasteiger partial charge in [0.15, 0.2) is 0 Å². The molecule has 88 valence electrons. The molecule has 0 aromatic heterocycles. The molecular formula is C16H24. The molecule has 0 amide bonds. The Balaban J connectivity index is 1.92. The second kappa shape index (κ2) is 5.03. The highest BCUT2D eigenvalue weighted by Crippen LogP contribution is 2.38. The number of rotatable bonds is 4. The van der Waals surface area contributed by atoms with Crippen molar-refractivity contribution in [3.63, 3.8) is 0 Å². The largest absolute Gasteiger partial charge is 0.0651 e. The molecule has 1 aromatic carbocycles.